The lowest BCUT2D eigenvalue weighted by molar-refractivity contribution is 0.0720. The smallest absolute Gasteiger partial charge is 0.231 e. The SMILES string of the molecule is COc1cc(CNC2CN3CCC2CC3)cc2c1OCO2. The van der Waals surface area contributed by atoms with Crippen molar-refractivity contribution in [3.63, 3.8) is 0 Å². The molecule has 0 aliphatic carbocycles. The van der Waals surface area contributed by atoms with Crippen LogP contribution in [0.4, 0.5) is 0 Å². The van der Waals surface area contributed by atoms with Gasteiger partial charge < -0.3 is 24.4 Å². The first-order valence-corrected chi connectivity index (χ1v) is 7.76. The summed E-state index contributed by atoms with van der Waals surface area (Å²) in [6.07, 6.45) is 2.67. The molecule has 4 heterocycles. The summed E-state index contributed by atoms with van der Waals surface area (Å²) in [6.45, 7) is 4.87. The molecule has 1 atom stereocenters. The van der Waals surface area contributed by atoms with Crippen LogP contribution in [0.5, 0.6) is 17.2 Å². The van der Waals surface area contributed by atoms with Crippen molar-refractivity contribution in [3.05, 3.63) is 17.7 Å². The Bertz CT molecular complexity index is 526. The third-order valence-corrected chi connectivity index (χ3v) is 4.94. The Morgan fingerprint density at radius 1 is 1.29 bits per heavy atom. The molecule has 4 aliphatic rings. The van der Waals surface area contributed by atoms with Crippen molar-refractivity contribution >= 4 is 0 Å². The summed E-state index contributed by atoms with van der Waals surface area (Å²) in [5.74, 6) is 3.12. The van der Waals surface area contributed by atoms with E-state index in [0.717, 1.165) is 29.7 Å². The normalized spacial score (nSPS) is 29.7. The third kappa shape index (κ3) is 2.45. The molecule has 3 saturated heterocycles. The fraction of sp³-hybridized carbons (Fsp3) is 0.625. The minimum absolute atomic E-state index is 0.280. The van der Waals surface area contributed by atoms with E-state index in [4.69, 9.17) is 14.2 Å². The van der Waals surface area contributed by atoms with Gasteiger partial charge in [-0.2, -0.15) is 0 Å². The maximum atomic E-state index is 5.48. The van der Waals surface area contributed by atoms with Crippen LogP contribution in [-0.4, -0.2) is 44.5 Å². The van der Waals surface area contributed by atoms with Crippen LogP contribution >= 0.6 is 0 Å². The van der Waals surface area contributed by atoms with Crippen LogP contribution in [0.2, 0.25) is 0 Å². The quantitative estimate of drug-likeness (QED) is 0.912. The predicted octanol–water partition coefficient (Wildman–Crippen LogP) is 1.61. The highest BCUT2D eigenvalue weighted by Crippen LogP contribution is 2.41. The van der Waals surface area contributed by atoms with Crippen molar-refractivity contribution in [2.45, 2.75) is 25.4 Å². The summed E-state index contributed by atoms with van der Waals surface area (Å²) in [7, 11) is 1.67. The third-order valence-electron chi connectivity index (χ3n) is 4.94. The molecule has 0 spiro atoms. The number of methoxy groups -OCH3 is 1. The van der Waals surface area contributed by atoms with E-state index >= 15 is 0 Å². The van der Waals surface area contributed by atoms with Gasteiger partial charge in [0, 0.05) is 19.1 Å². The number of hydrogen-bond acceptors (Lipinski definition) is 5. The number of nitrogens with zero attached hydrogens (tertiary/aromatic N) is 1. The molecule has 1 aromatic rings. The van der Waals surface area contributed by atoms with Crippen molar-refractivity contribution in [3.8, 4) is 17.2 Å². The molecule has 1 N–H and O–H groups in total. The molecule has 0 saturated carbocycles. The van der Waals surface area contributed by atoms with E-state index in [1.807, 2.05) is 6.07 Å². The lowest BCUT2D eigenvalue weighted by atomic mass is 9.84. The number of ether oxygens (including phenoxy) is 3. The van der Waals surface area contributed by atoms with Gasteiger partial charge in [-0.05, 0) is 49.5 Å². The second kappa shape index (κ2) is 5.39. The Labute approximate surface area is 125 Å². The highest BCUT2D eigenvalue weighted by atomic mass is 16.7. The number of benzene rings is 1. The Hall–Kier alpha value is -1.46. The molecule has 0 aromatic heterocycles. The highest BCUT2D eigenvalue weighted by Gasteiger charge is 2.33. The Kier molecular flexibility index (Phi) is 3.39. The maximum Gasteiger partial charge on any atom is 0.231 e. The number of fused-ring (bicyclic) bond motifs is 4. The van der Waals surface area contributed by atoms with Crippen LogP contribution < -0.4 is 19.5 Å². The van der Waals surface area contributed by atoms with E-state index in [2.05, 4.69) is 16.3 Å². The summed E-state index contributed by atoms with van der Waals surface area (Å²) in [5.41, 5.74) is 1.19. The van der Waals surface area contributed by atoms with Gasteiger partial charge in [0.1, 0.15) is 0 Å². The van der Waals surface area contributed by atoms with Gasteiger partial charge in [-0.1, -0.05) is 0 Å². The van der Waals surface area contributed by atoms with Gasteiger partial charge in [0.25, 0.3) is 0 Å². The zero-order valence-electron chi connectivity index (χ0n) is 12.4. The average molecular weight is 290 g/mol. The Morgan fingerprint density at radius 2 is 2.14 bits per heavy atom. The van der Waals surface area contributed by atoms with Crippen LogP contribution in [0.1, 0.15) is 18.4 Å². The van der Waals surface area contributed by atoms with Crippen LogP contribution in [0.25, 0.3) is 0 Å². The standard InChI is InChI=1S/C16H22N2O3/c1-19-14-6-11(7-15-16(14)21-10-20-15)8-17-13-9-18-4-2-12(13)3-5-18/h6-7,12-13,17H,2-5,8-10H2,1H3. The summed E-state index contributed by atoms with van der Waals surface area (Å²) in [4.78, 5) is 2.57. The second-order valence-electron chi connectivity index (χ2n) is 6.16. The minimum Gasteiger partial charge on any atom is -0.493 e. The number of rotatable bonds is 4. The average Bonchev–Trinajstić information content (AvgIpc) is 3.01. The van der Waals surface area contributed by atoms with Crippen molar-refractivity contribution in [2.24, 2.45) is 5.92 Å². The summed E-state index contributed by atoms with van der Waals surface area (Å²) in [6, 6.07) is 4.71. The van der Waals surface area contributed by atoms with Crippen LogP contribution in [0.3, 0.4) is 0 Å². The van der Waals surface area contributed by atoms with Crippen molar-refractivity contribution in [2.75, 3.05) is 33.5 Å². The molecule has 0 radical (unpaired) electrons. The molecule has 5 heteroatoms. The van der Waals surface area contributed by atoms with Gasteiger partial charge in [0.15, 0.2) is 11.5 Å². The Morgan fingerprint density at radius 3 is 2.86 bits per heavy atom. The zero-order chi connectivity index (χ0) is 14.2. The molecule has 1 aromatic carbocycles. The Balaban J connectivity index is 1.45. The van der Waals surface area contributed by atoms with Crippen molar-refractivity contribution < 1.29 is 14.2 Å². The summed E-state index contributed by atoms with van der Waals surface area (Å²) in [5, 5.41) is 3.72. The van der Waals surface area contributed by atoms with Crippen LogP contribution in [0, 0.1) is 5.92 Å². The monoisotopic (exact) mass is 290 g/mol. The zero-order valence-corrected chi connectivity index (χ0v) is 12.4. The van der Waals surface area contributed by atoms with E-state index in [9.17, 15) is 0 Å². The second-order valence-corrected chi connectivity index (χ2v) is 6.16. The van der Waals surface area contributed by atoms with E-state index in [1.165, 1.54) is 38.0 Å². The molecule has 3 fully saturated rings. The molecule has 5 nitrogen and oxygen atoms in total. The molecule has 21 heavy (non-hydrogen) atoms. The number of hydrogen-bond donors (Lipinski definition) is 1. The fourth-order valence-electron chi connectivity index (χ4n) is 3.73. The molecule has 2 bridgehead atoms. The predicted molar refractivity (Wildman–Crippen MR) is 78.9 cm³/mol. The van der Waals surface area contributed by atoms with E-state index < -0.39 is 0 Å². The molecular weight excluding hydrogens is 268 g/mol. The summed E-state index contributed by atoms with van der Waals surface area (Å²) < 4.78 is 16.3. The molecule has 0 amide bonds. The van der Waals surface area contributed by atoms with Gasteiger partial charge in [-0.25, -0.2) is 0 Å². The first-order chi connectivity index (χ1) is 10.3. The lowest BCUT2D eigenvalue weighted by Gasteiger charge is -2.45. The molecular formula is C16H22N2O3. The lowest BCUT2D eigenvalue weighted by Crippen LogP contribution is -2.55. The van der Waals surface area contributed by atoms with Crippen molar-refractivity contribution in [1.82, 2.24) is 10.2 Å². The maximum absolute atomic E-state index is 5.48. The van der Waals surface area contributed by atoms with Gasteiger partial charge in [-0.3, -0.25) is 0 Å². The summed E-state index contributed by atoms with van der Waals surface area (Å²) >= 11 is 0. The van der Waals surface area contributed by atoms with Crippen molar-refractivity contribution in [1.29, 1.82) is 0 Å². The van der Waals surface area contributed by atoms with Crippen LogP contribution in [0.15, 0.2) is 12.1 Å². The van der Waals surface area contributed by atoms with Gasteiger partial charge >= 0.3 is 0 Å². The first kappa shape index (κ1) is 13.2. The largest absolute Gasteiger partial charge is 0.493 e. The molecule has 1 unspecified atom stereocenters. The highest BCUT2D eigenvalue weighted by molar-refractivity contribution is 5.55. The fourth-order valence-corrected chi connectivity index (χ4v) is 3.73. The van der Waals surface area contributed by atoms with Gasteiger partial charge in [0.05, 0.1) is 7.11 Å². The molecule has 5 rings (SSSR count). The topological polar surface area (TPSA) is 43.0 Å². The number of nitrogens with one attached hydrogen (secondary N) is 1. The molecule has 4 aliphatic heterocycles. The number of piperidine rings is 3. The van der Waals surface area contributed by atoms with Gasteiger partial charge in [-0.15, -0.1) is 0 Å². The van der Waals surface area contributed by atoms with Crippen LogP contribution in [-0.2, 0) is 6.54 Å². The molecule has 114 valence electrons. The first-order valence-electron chi connectivity index (χ1n) is 7.76. The van der Waals surface area contributed by atoms with Gasteiger partial charge in [0.2, 0.25) is 12.5 Å². The van der Waals surface area contributed by atoms with E-state index in [-0.39, 0.29) is 6.79 Å². The van der Waals surface area contributed by atoms with E-state index in [0.29, 0.717) is 6.04 Å². The van der Waals surface area contributed by atoms with E-state index in [1.54, 1.807) is 7.11 Å². The minimum atomic E-state index is 0.280.